The van der Waals surface area contributed by atoms with E-state index in [-0.39, 0.29) is 11.9 Å². The number of nitrogens with one attached hydrogen (secondary N) is 1. The van der Waals surface area contributed by atoms with Crippen molar-refractivity contribution >= 4 is 11.9 Å². The maximum Gasteiger partial charge on any atom is 0.235 e. The molecule has 0 aliphatic heterocycles. The van der Waals surface area contributed by atoms with Crippen LogP contribution in [-0.4, -0.2) is 37.2 Å². The van der Waals surface area contributed by atoms with Gasteiger partial charge in [-0.05, 0) is 6.42 Å². The van der Waals surface area contributed by atoms with Crippen LogP contribution in [0.4, 0.5) is 0 Å². The zero-order valence-electron chi connectivity index (χ0n) is 9.66. The molecule has 7 nitrogen and oxygen atoms in total. The Morgan fingerprint density at radius 2 is 1.93 bits per heavy atom. The van der Waals surface area contributed by atoms with Crippen molar-refractivity contribution in [3.63, 3.8) is 0 Å². The largest absolute Gasteiger partial charge is 0.385 e. The Kier molecular flexibility index (Phi) is 11.5. The van der Waals surface area contributed by atoms with E-state index < -0.39 is 0 Å². The van der Waals surface area contributed by atoms with Crippen LogP contribution < -0.4 is 17.3 Å². The summed E-state index contributed by atoms with van der Waals surface area (Å²) in [6.45, 7) is 5.06. The van der Waals surface area contributed by atoms with Crippen molar-refractivity contribution < 1.29 is 4.74 Å². The third-order valence-electron chi connectivity index (χ3n) is 1.25. The minimum absolute atomic E-state index is 0.156. The first kappa shape index (κ1) is 16.1. The van der Waals surface area contributed by atoms with E-state index in [1.165, 1.54) is 0 Å². The van der Waals surface area contributed by atoms with Crippen LogP contribution in [0, 0.1) is 5.41 Å². The third-order valence-corrected chi connectivity index (χ3v) is 1.25. The van der Waals surface area contributed by atoms with E-state index in [0.717, 1.165) is 11.4 Å². The van der Waals surface area contributed by atoms with Gasteiger partial charge in [0.1, 0.15) is 0 Å². The molecule has 0 unspecified atom stereocenters. The SMILES string of the molecule is CC.COCCCN(N)C(=N)N=C(N)N. The van der Waals surface area contributed by atoms with Crippen molar-refractivity contribution in [2.45, 2.75) is 20.3 Å². The average molecular weight is 218 g/mol. The standard InChI is InChI=1S/C6H16N6O.C2H6/c1-13-4-2-3-12(10)6(9)11-5(7)8;1-2/h2-4,10H2,1H3,(H5,7,8,9,11);1-2H3. The van der Waals surface area contributed by atoms with Gasteiger partial charge < -0.3 is 16.2 Å². The number of hydrogen-bond donors (Lipinski definition) is 4. The highest BCUT2D eigenvalue weighted by Gasteiger charge is 2.02. The van der Waals surface area contributed by atoms with Gasteiger partial charge in [-0.1, -0.05) is 13.8 Å². The molecule has 0 saturated heterocycles. The summed E-state index contributed by atoms with van der Waals surface area (Å²) < 4.78 is 4.82. The molecule has 0 aromatic heterocycles. The fourth-order valence-corrected chi connectivity index (χ4v) is 0.672. The van der Waals surface area contributed by atoms with Crippen LogP contribution in [0.3, 0.4) is 0 Å². The number of nitrogens with two attached hydrogens (primary N) is 3. The molecule has 0 aliphatic rings. The normalized spacial score (nSPS) is 8.53. The molecule has 0 fully saturated rings. The van der Waals surface area contributed by atoms with Gasteiger partial charge in [0.25, 0.3) is 0 Å². The van der Waals surface area contributed by atoms with Gasteiger partial charge in [0.2, 0.25) is 5.96 Å². The van der Waals surface area contributed by atoms with Crippen LogP contribution in [0.1, 0.15) is 20.3 Å². The summed E-state index contributed by atoms with van der Waals surface area (Å²) in [6.07, 6.45) is 0.718. The molecule has 0 saturated carbocycles. The summed E-state index contributed by atoms with van der Waals surface area (Å²) >= 11 is 0. The molecule has 0 aliphatic carbocycles. The highest BCUT2D eigenvalue weighted by Crippen LogP contribution is 1.87. The highest BCUT2D eigenvalue weighted by molar-refractivity contribution is 5.91. The van der Waals surface area contributed by atoms with Crippen molar-refractivity contribution in [1.29, 1.82) is 5.41 Å². The number of guanidine groups is 2. The second kappa shape index (κ2) is 10.7. The van der Waals surface area contributed by atoms with Crippen LogP contribution in [0.5, 0.6) is 0 Å². The monoisotopic (exact) mass is 218 g/mol. The quantitative estimate of drug-likeness (QED) is 0.165. The summed E-state index contributed by atoms with van der Waals surface area (Å²) in [4.78, 5) is 3.47. The molecular formula is C8H22N6O. The number of hydrogen-bond acceptors (Lipinski definition) is 3. The molecule has 0 rings (SSSR count). The van der Waals surface area contributed by atoms with Crippen molar-refractivity contribution in [3.8, 4) is 0 Å². The average Bonchev–Trinajstić information content (AvgIpc) is 2.20. The van der Waals surface area contributed by atoms with Gasteiger partial charge in [0, 0.05) is 20.3 Å². The van der Waals surface area contributed by atoms with Crippen LogP contribution in [0.2, 0.25) is 0 Å². The molecule has 0 bridgehead atoms. The van der Waals surface area contributed by atoms with Crippen molar-refractivity contribution in [2.24, 2.45) is 22.3 Å². The van der Waals surface area contributed by atoms with E-state index >= 15 is 0 Å². The van der Waals surface area contributed by atoms with Gasteiger partial charge in [-0.15, -0.1) is 0 Å². The van der Waals surface area contributed by atoms with E-state index in [1.807, 2.05) is 13.8 Å². The Balaban J connectivity index is 0. The number of aliphatic imine (C=N–C) groups is 1. The molecule has 90 valence electrons. The first-order valence-corrected chi connectivity index (χ1v) is 4.77. The minimum atomic E-state index is -0.174. The van der Waals surface area contributed by atoms with Crippen LogP contribution >= 0.6 is 0 Å². The van der Waals surface area contributed by atoms with E-state index in [2.05, 4.69) is 4.99 Å². The van der Waals surface area contributed by atoms with Crippen molar-refractivity contribution in [3.05, 3.63) is 0 Å². The molecule has 0 amide bonds. The molecule has 0 heterocycles. The molecule has 7 heteroatoms. The predicted octanol–water partition coefficient (Wildman–Crippen LogP) is -0.567. The zero-order valence-corrected chi connectivity index (χ0v) is 9.66. The van der Waals surface area contributed by atoms with Gasteiger partial charge >= 0.3 is 0 Å². The van der Waals surface area contributed by atoms with E-state index in [9.17, 15) is 0 Å². The molecule has 15 heavy (non-hydrogen) atoms. The Morgan fingerprint density at radius 1 is 1.40 bits per heavy atom. The number of hydrazine groups is 1. The van der Waals surface area contributed by atoms with E-state index in [4.69, 9.17) is 27.5 Å². The van der Waals surface area contributed by atoms with Crippen molar-refractivity contribution in [2.75, 3.05) is 20.3 Å². The summed E-state index contributed by atoms with van der Waals surface area (Å²) in [6, 6.07) is 0. The van der Waals surface area contributed by atoms with Gasteiger partial charge in [0.05, 0.1) is 0 Å². The Bertz CT molecular complexity index is 190. The minimum Gasteiger partial charge on any atom is -0.385 e. The fraction of sp³-hybridized carbons (Fsp3) is 0.750. The predicted molar refractivity (Wildman–Crippen MR) is 62.3 cm³/mol. The summed E-state index contributed by atoms with van der Waals surface area (Å²) in [5.41, 5.74) is 10.1. The van der Waals surface area contributed by atoms with Gasteiger partial charge in [-0.25, -0.2) is 5.84 Å². The fourth-order valence-electron chi connectivity index (χ4n) is 0.672. The highest BCUT2D eigenvalue weighted by atomic mass is 16.5. The van der Waals surface area contributed by atoms with E-state index in [1.54, 1.807) is 7.11 Å². The number of ether oxygens (including phenoxy) is 1. The zero-order chi connectivity index (χ0) is 12.3. The molecular weight excluding hydrogens is 196 g/mol. The van der Waals surface area contributed by atoms with Crippen LogP contribution in [-0.2, 0) is 4.74 Å². The van der Waals surface area contributed by atoms with Crippen molar-refractivity contribution in [1.82, 2.24) is 5.01 Å². The number of rotatable bonds is 4. The third kappa shape index (κ3) is 10.6. The van der Waals surface area contributed by atoms with Gasteiger partial charge in [-0.2, -0.15) is 4.99 Å². The van der Waals surface area contributed by atoms with Crippen LogP contribution in [0.15, 0.2) is 4.99 Å². The molecule has 0 radical (unpaired) electrons. The lowest BCUT2D eigenvalue weighted by Gasteiger charge is -2.15. The Labute approximate surface area is 90.7 Å². The summed E-state index contributed by atoms with van der Waals surface area (Å²) in [7, 11) is 1.60. The van der Waals surface area contributed by atoms with E-state index in [0.29, 0.717) is 13.2 Å². The molecule has 7 N–H and O–H groups in total. The lowest BCUT2D eigenvalue weighted by Crippen LogP contribution is -2.39. The first-order valence-electron chi connectivity index (χ1n) is 4.77. The van der Waals surface area contributed by atoms with Crippen LogP contribution in [0.25, 0.3) is 0 Å². The second-order valence-corrected chi connectivity index (χ2v) is 2.40. The lowest BCUT2D eigenvalue weighted by molar-refractivity contribution is 0.186. The number of methoxy groups -OCH3 is 1. The second-order valence-electron chi connectivity index (χ2n) is 2.40. The molecule has 0 atom stereocenters. The maximum atomic E-state index is 7.27. The topological polar surface area (TPSA) is 127 Å². The lowest BCUT2D eigenvalue weighted by atomic mass is 10.4. The van der Waals surface area contributed by atoms with Gasteiger partial charge in [0.15, 0.2) is 5.96 Å². The summed E-state index contributed by atoms with van der Waals surface area (Å²) in [5, 5.41) is 8.42. The number of nitrogens with zero attached hydrogens (tertiary/aromatic N) is 2. The van der Waals surface area contributed by atoms with Gasteiger partial charge in [-0.3, -0.25) is 10.4 Å². The molecule has 0 aromatic rings. The summed E-state index contributed by atoms with van der Waals surface area (Å²) in [5.74, 6) is 5.11. The first-order chi connectivity index (χ1) is 7.07. The Hall–Kier alpha value is -1.34. The molecule has 0 aromatic carbocycles. The molecule has 0 spiro atoms. The maximum absolute atomic E-state index is 7.27. The Morgan fingerprint density at radius 3 is 2.33 bits per heavy atom. The smallest absolute Gasteiger partial charge is 0.235 e.